The summed E-state index contributed by atoms with van der Waals surface area (Å²) in [5.74, 6) is -0.409. The summed E-state index contributed by atoms with van der Waals surface area (Å²) < 4.78 is 0. The molecule has 0 amide bonds. The Balaban J connectivity index is 2.90. The van der Waals surface area contributed by atoms with E-state index in [1.807, 2.05) is 18.7 Å². The number of aliphatic carboxylic acids is 1. The first-order valence-electron chi connectivity index (χ1n) is 6.15. The third-order valence-electron chi connectivity index (χ3n) is 2.80. The molecule has 100 valence electrons. The summed E-state index contributed by atoms with van der Waals surface area (Å²) >= 11 is 0. The second-order valence-corrected chi connectivity index (χ2v) is 4.92. The van der Waals surface area contributed by atoms with Gasteiger partial charge in [0.25, 0.3) is 0 Å². The third kappa shape index (κ3) is 4.07. The van der Waals surface area contributed by atoms with Crippen molar-refractivity contribution in [1.29, 1.82) is 0 Å². The third-order valence-corrected chi connectivity index (χ3v) is 2.80. The predicted molar refractivity (Wildman–Crippen MR) is 69.2 cm³/mol. The molecule has 0 aliphatic heterocycles. The minimum Gasteiger partial charge on any atom is -0.480 e. The second kappa shape index (κ2) is 6.44. The highest BCUT2D eigenvalue weighted by molar-refractivity contribution is 5.69. The Labute approximate surface area is 108 Å². The molecule has 1 aromatic rings. The first-order valence-corrected chi connectivity index (χ1v) is 6.15. The van der Waals surface area contributed by atoms with E-state index in [1.54, 1.807) is 12.4 Å². The van der Waals surface area contributed by atoms with E-state index in [0.29, 0.717) is 5.92 Å². The fourth-order valence-electron chi connectivity index (χ4n) is 2.00. The van der Waals surface area contributed by atoms with Crippen LogP contribution >= 0.6 is 0 Å². The van der Waals surface area contributed by atoms with Crippen molar-refractivity contribution in [1.82, 2.24) is 14.9 Å². The summed E-state index contributed by atoms with van der Waals surface area (Å²) in [4.78, 5) is 21.4. The summed E-state index contributed by atoms with van der Waals surface area (Å²) in [5.41, 5.74) is 1.70. The monoisotopic (exact) mass is 251 g/mol. The molecule has 18 heavy (non-hydrogen) atoms. The zero-order valence-electron chi connectivity index (χ0n) is 11.4. The predicted octanol–water partition coefficient (Wildman–Crippen LogP) is 1.89. The van der Waals surface area contributed by atoms with E-state index in [2.05, 4.69) is 23.8 Å². The van der Waals surface area contributed by atoms with E-state index < -0.39 is 5.97 Å². The minimum atomic E-state index is -0.816. The van der Waals surface area contributed by atoms with Gasteiger partial charge in [-0.3, -0.25) is 19.7 Å². The number of rotatable bonds is 6. The van der Waals surface area contributed by atoms with Crippen LogP contribution in [0.4, 0.5) is 0 Å². The first-order chi connectivity index (χ1) is 8.41. The SMILES string of the molecule is Cc1nccnc1C(C)N(CC(=O)O)CC(C)C. The summed E-state index contributed by atoms with van der Waals surface area (Å²) in [5, 5.41) is 8.98. The Morgan fingerprint density at radius 1 is 1.33 bits per heavy atom. The number of hydrogen-bond acceptors (Lipinski definition) is 4. The molecule has 1 aromatic heterocycles. The molecule has 0 spiro atoms. The molecule has 5 heteroatoms. The molecule has 1 N–H and O–H groups in total. The molecule has 0 saturated carbocycles. The van der Waals surface area contributed by atoms with Crippen LogP contribution in [0.2, 0.25) is 0 Å². The number of aryl methyl sites for hydroxylation is 1. The Morgan fingerprint density at radius 3 is 2.44 bits per heavy atom. The topological polar surface area (TPSA) is 66.3 Å². The largest absolute Gasteiger partial charge is 0.480 e. The van der Waals surface area contributed by atoms with Gasteiger partial charge in [0.1, 0.15) is 0 Å². The lowest BCUT2D eigenvalue weighted by molar-refractivity contribution is -0.139. The van der Waals surface area contributed by atoms with E-state index in [4.69, 9.17) is 5.11 Å². The summed E-state index contributed by atoms with van der Waals surface area (Å²) in [7, 11) is 0. The Hall–Kier alpha value is -1.49. The molecule has 0 aliphatic rings. The number of hydrogen-bond donors (Lipinski definition) is 1. The molecule has 0 radical (unpaired) electrons. The van der Waals surface area contributed by atoms with Crippen molar-refractivity contribution in [3.8, 4) is 0 Å². The van der Waals surface area contributed by atoms with Gasteiger partial charge in [0.15, 0.2) is 0 Å². The number of carboxylic acids is 1. The lowest BCUT2D eigenvalue weighted by atomic mass is 10.1. The lowest BCUT2D eigenvalue weighted by Crippen LogP contribution is -2.36. The molecule has 0 aliphatic carbocycles. The van der Waals surface area contributed by atoms with E-state index in [9.17, 15) is 4.79 Å². The van der Waals surface area contributed by atoms with Gasteiger partial charge in [-0.15, -0.1) is 0 Å². The van der Waals surface area contributed by atoms with Gasteiger partial charge in [0.2, 0.25) is 0 Å². The first kappa shape index (κ1) is 14.6. The van der Waals surface area contributed by atoms with Gasteiger partial charge in [-0.25, -0.2) is 0 Å². The molecule has 1 heterocycles. The minimum absolute atomic E-state index is 0.0232. The molecule has 0 aromatic carbocycles. The molecule has 1 atom stereocenters. The van der Waals surface area contributed by atoms with Gasteiger partial charge in [-0.05, 0) is 19.8 Å². The molecule has 0 bridgehead atoms. The molecule has 0 fully saturated rings. The molecule has 0 saturated heterocycles. The summed E-state index contributed by atoms with van der Waals surface area (Å²) in [6.45, 7) is 8.77. The van der Waals surface area contributed by atoms with Crippen LogP contribution in [0.15, 0.2) is 12.4 Å². The summed E-state index contributed by atoms with van der Waals surface area (Å²) in [6, 6.07) is -0.0443. The zero-order chi connectivity index (χ0) is 13.7. The van der Waals surface area contributed by atoms with Crippen molar-refractivity contribution in [2.45, 2.75) is 33.7 Å². The van der Waals surface area contributed by atoms with Crippen LogP contribution in [0.5, 0.6) is 0 Å². The lowest BCUT2D eigenvalue weighted by Gasteiger charge is -2.29. The van der Waals surface area contributed by atoms with Gasteiger partial charge in [0, 0.05) is 18.9 Å². The van der Waals surface area contributed by atoms with Crippen molar-refractivity contribution in [3.05, 3.63) is 23.8 Å². The maximum atomic E-state index is 10.9. The van der Waals surface area contributed by atoms with Crippen molar-refractivity contribution < 1.29 is 9.90 Å². The van der Waals surface area contributed by atoms with Crippen LogP contribution in [0, 0.1) is 12.8 Å². The highest BCUT2D eigenvalue weighted by atomic mass is 16.4. The Morgan fingerprint density at radius 2 is 1.94 bits per heavy atom. The van der Waals surface area contributed by atoms with Gasteiger partial charge >= 0.3 is 5.97 Å². The molecule has 1 unspecified atom stereocenters. The van der Waals surface area contributed by atoms with Crippen LogP contribution in [-0.2, 0) is 4.79 Å². The maximum absolute atomic E-state index is 10.9. The van der Waals surface area contributed by atoms with Crippen molar-refractivity contribution in [2.75, 3.05) is 13.1 Å². The molecule has 5 nitrogen and oxygen atoms in total. The summed E-state index contributed by atoms with van der Waals surface area (Å²) in [6.07, 6.45) is 3.29. The van der Waals surface area contributed by atoms with Gasteiger partial charge in [-0.1, -0.05) is 13.8 Å². The van der Waals surface area contributed by atoms with E-state index in [-0.39, 0.29) is 12.6 Å². The van der Waals surface area contributed by atoms with E-state index in [0.717, 1.165) is 17.9 Å². The smallest absolute Gasteiger partial charge is 0.317 e. The van der Waals surface area contributed by atoms with Crippen molar-refractivity contribution in [3.63, 3.8) is 0 Å². The normalized spacial score (nSPS) is 13.0. The van der Waals surface area contributed by atoms with Crippen LogP contribution < -0.4 is 0 Å². The fourth-order valence-corrected chi connectivity index (χ4v) is 2.00. The van der Waals surface area contributed by atoms with Gasteiger partial charge < -0.3 is 5.11 Å². The fraction of sp³-hybridized carbons (Fsp3) is 0.615. The average Bonchev–Trinajstić information content (AvgIpc) is 2.26. The average molecular weight is 251 g/mol. The van der Waals surface area contributed by atoms with E-state index in [1.165, 1.54) is 0 Å². The Kier molecular flexibility index (Phi) is 5.22. The van der Waals surface area contributed by atoms with Gasteiger partial charge in [-0.2, -0.15) is 0 Å². The standard InChI is InChI=1S/C13H21N3O2/c1-9(2)7-16(8-12(17)18)11(4)13-10(3)14-5-6-15-13/h5-6,9,11H,7-8H2,1-4H3,(H,17,18). The van der Waals surface area contributed by atoms with E-state index >= 15 is 0 Å². The number of aromatic nitrogens is 2. The highest BCUT2D eigenvalue weighted by Gasteiger charge is 2.21. The highest BCUT2D eigenvalue weighted by Crippen LogP contribution is 2.20. The molecular weight excluding hydrogens is 230 g/mol. The number of carboxylic acid groups (broad SMARTS) is 1. The Bertz CT molecular complexity index is 407. The van der Waals surface area contributed by atoms with Crippen molar-refractivity contribution >= 4 is 5.97 Å². The van der Waals surface area contributed by atoms with Crippen LogP contribution in [0.1, 0.15) is 38.2 Å². The van der Waals surface area contributed by atoms with Crippen LogP contribution in [0.3, 0.4) is 0 Å². The zero-order valence-corrected chi connectivity index (χ0v) is 11.4. The van der Waals surface area contributed by atoms with Crippen molar-refractivity contribution in [2.24, 2.45) is 5.92 Å². The number of nitrogens with zero attached hydrogens (tertiary/aromatic N) is 3. The number of carbonyl (C=O) groups is 1. The van der Waals surface area contributed by atoms with Gasteiger partial charge in [0.05, 0.1) is 24.0 Å². The maximum Gasteiger partial charge on any atom is 0.317 e. The molecular formula is C13H21N3O2. The van der Waals surface area contributed by atoms with Crippen LogP contribution in [0.25, 0.3) is 0 Å². The second-order valence-electron chi connectivity index (χ2n) is 4.92. The quantitative estimate of drug-likeness (QED) is 0.836. The van der Waals surface area contributed by atoms with Crippen LogP contribution in [-0.4, -0.2) is 39.0 Å². The molecule has 1 rings (SSSR count).